The third-order valence-electron chi connectivity index (χ3n) is 2.31. The molecule has 0 spiro atoms. The number of amides is 1. The fraction of sp³-hybridized carbons (Fsp3) is 0.273. The SMILES string of the molecule is CCCC(=O)Nc1nc2cc([N+](=O)[O-])ccc2s1. The molecule has 1 N–H and O–H groups in total. The molecule has 1 aromatic carbocycles. The number of thiazole rings is 1. The van der Waals surface area contributed by atoms with Gasteiger partial charge in [0.05, 0.1) is 15.1 Å². The predicted octanol–water partition coefficient (Wildman–Crippen LogP) is 2.94. The van der Waals surface area contributed by atoms with Gasteiger partial charge in [-0.15, -0.1) is 0 Å². The Hall–Kier alpha value is -2.02. The zero-order valence-corrected chi connectivity index (χ0v) is 10.5. The van der Waals surface area contributed by atoms with E-state index in [1.807, 2.05) is 6.92 Å². The number of anilines is 1. The van der Waals surface area contributed by atoms with Crippen molar-refractivity contribution in [1.29, 1.82) is 0 Å². The molecule has 0 fully saturated rings. The van der Waals surface area contributed by atoms with E-state index in [0.29, 0.717) is 17.1 Å². The van der Waals surface area contributed by atoms with E-state index in [4.69, 9.17) is 0 Å². The maximum atomic E-state index is 11.4. The number of hydrogen-bond donors (Lipinski definition) is 1. The van der Waals surface area contributed by atoms with E-state index >= 15 is 0 Å². The highest BCUT2D eigenvalue weighted by Gasteiger charge is 2.11. The van der Waals surface area contributed by atoms with Gasteiger partial charge in [-0.25, -0.2) is 4.98 Å². The van der Waals surface area contributed by atoms with Crippen LogP contribution in [-0.4, -0.2) is 15.8 Å². The van der Waals surface area contributed by atoms with Crippen LogP contribution in [0, 0.1) is 10.1 Å². The van der Waals surface area contributed by atoms with Gasteiger partial charge in [-0.1, -0.05) is 18.3 Å². The highest BCUT2D eigenvalue weighted by atomic mass is 32.1. The highest BCUT2D eigenvalue weighted by Crippen LogP contribution is 2.28. The molecule has 0 radical (unpaired) electrons. The molecular formula is C11H11N3O3S. The summed E-state index contributed by atoms with van der Waals surface area (Å²) in [6, 6.07) is 4.47. The number of rotatable bonds is 4. The lowest BCUT2D eigenvalue weighted by molar-refractivity contribution is -0.384. The van der Waals surface area contributed by atoms with Crippen molar-refractivity contribution >= 4 is 38.3 Å². The van der Waals surface area contributed by atoms with E-state index in [1.165, 1.54) is 23.5 Å². The van der Waals surface area contributed by atoms with Crippen LogP contribution in [0.5, 0.6) is 0 Å². The fourth-order valence-electron chi connectivity index (χ4n) is 1.49. The van der Waals surface area contributed by atoms with Crippen molar-refractivity contribution in [2.24, 2.45) is 0 Å². The van der Waals surface area contributed by atoms with Crippen molar-refractivity contribution in [2.75, 3.05) is 5.32 Å². The lowest BCUT2D eigenvalue weighted by Gasteiger charge is -1.97. The molecule has 18 heavy (non-hydrogen) atoms. The molecule has 7 heteroatoms. The van der Waals surface area contributed by atoms with Gasteiger partial charge in [-0.05, 0) is 12.5 Å². The van der Waals surface area contributed by atoms with Gasteiger partial charge in [0.1, 0.15) is 0 Å². The Bertz CT molecular complexity index is 609. The smallest absolute Gasteiger partial charge is 0.271 e. The number of benzene rings is 1. The summed E-state index contributed by atoms with van der Waals surface area (Å²) in [4.78, 5) is 25.7. The van der Waals surface area contributed by atoms with Gasteiger partial charge in [-0.3, -0.25) is 14.9 Å². The first-order valence-electron chi connectivity index (χ1n) is 5.45. The molecule has 0 saturated carbocycles. The van der Waals surface area contributed by atoms with Gasteiger partial charge in [0, 0.05) is 18.6 Å². The molecular weight excluding hydrogens is 254 g/mol. The molecule has 1 heterocycles. The molecule has 1 aromatic heterocycles. The average Bonchev–Trinajstić information content (AvgIpc) is 2.69. The second-order valence-electron chi connectivity index (χ2n) is 3.73. The molecule has 94 valence electrons. The summed E-state index contributed by atoms with van der Waals surface area (Å²) < 4.78 is 0.812. The number of non-ortho nitro benzene ring substituents is 1. The first kappa shape index (κ1) is 12.4. The summed E-state index contributed by atoms with van der Waals surface area (Å²) in [7, 11) is 0. The number of nitro benzene ring substituents is 1. The van der Waals surface area contributed by atoms with Crippen LogP contribution in [0.4, 0.5) is 10.8 Å². The van der Waals surface area contributed by atoms with Gasteiger partial charge in [0.2, 0.25) is 5.91 Å². The van der Waals surface area contributed by atoms with E-state index in [1.54, 1.807) is 6.07 Å². The van der Waals surface area contributed by atoms with Crippen molar-refractivity contribution in [3.8, 4) is 0 Å². The quantitative estimate of drug-likeness (QED) is 0.680. The fourth-order valence-corrected chi connectivity index (χ4v) is 2.35. The number of carbonyl (C=O) groups excluding carboxylic acids is 1. The largest absolute Gasteiger partial charge is 0.302 e. The topological polar surface area (TPSA) is 85.1 Å². The number of aromatic nitrogens is 1. The molecule has 0 aliphatic heterocycles. The van der Waals surface area contributed by atoms with Crippen LogP contribution in [0.25, 0.3) is 10.2 Å². The first-order chi connectivity index (χ1) is 8.60. The number of nitrogens with one attached hydrogen (secondary N) is 1. The third kappa shape index (κ3) is 2.62. The minimum atomic E-state index is -0.464. The summed E-state index contributed by atoms with van der Waals surface area (Å²) in [5.74, 6) is -0.0916. The monoisotopic (exact) mass is 265 g/mol. The Balaban J connectivity index is 2.27. The van der Waals surface area contributed by atoms with Crippen LogP contribution >= 0.6 is 11.3 Å². The maximum absolute atomic E-state index is 11.4. The van der Waals surface area contributed by atoms with Gasteiger partial charge < -0.3 is 5.32 Å². The number of nitro groups is 1. The summed E-state index contributed by atoms with van der Waals surface area (Å²) >= 11 is 1.31. The summed E-state index contributed by atoms with van der Waals surface area (Å²) in [5.41, 5.74) is 0.528. The van der Waals surface area contributed by atoms with Gasteiger partial charge in [0.15, 0.2) is 5.13 Å². The van der Waals surface area contributed by atoms with E-state index in [0.717, 1.165) is 11.1 Å². The van der Waals surface area contributed by atoms with Crippen molar-refractivity contribution in [2.45, 2.75) is 19.8 Å². The summed E-state index contributed by atoms with van der Waals surface area (Å²) in [6.45, 7) is 1.92. The molecule has 2 aromatic rings. The number of carbonyl (C=O) groups is 1. The molecule has 0 aliphatic carbocycles. The molecule has 0 bridgehead atoms. The zero-order valence-electron chi connectivity index (χ0n) is 9.67. The van der Waals surface area contributed by atoms with E-state index in [2.05, 4.69) is 10.3 Å². The van der Waals surface area contributed by atoms with Crippen molar-refractivity contribution < 1.29 is 9.72 Å². The Kier molecular flexibility index (Phi) is 3.52. The number of nitrogens with zero attached hydrogens (tertiary/aromatic N) is 2. The van der Waals surface area contributed by atoms with E-state index in [9.17, 15) is 14.9 Å². The number of hydrogen-bond acceptors (Lipinski definition) is 5. The van der Waals surface area contributed by atoms with Crippen molar-refractivity contribution in [3.63, 3.8) is 0 Å². The lowest BCUT2D eigenvalue weighted by Crippen LogP contribution is -2.09. The van der Waals surface area contributed by atoms with Gasteiger partial charge >= 0.3 is 0 Å². The minimum Gasteiger partial charge on any atom is -0.302 e. The van der Waals surface area contributed by atoms with Crippen LogP contribution < -0.4 is 5.32 Å². The Morgan fingerprint density at radius 3 is 3.00 bits per heavy atom. The second-order valence-corrected chi connectivity index (χ2v) is 4.76. The minimum absolute atomic E-state index is 0.000709. The van der Waals surface area contributed by atoms with Gasteiger partial charge in [-0.2, -0.15) is 0 Å². The van der Waals surface area contributed by atoms with Crippen LogP contribution in [0.1, 0.15) is 19.8 Å². The van der Waals surface area contributed by atoms with Crippen LogP contribution in [-0.2, 0) is 4.79 Å². The predicted molar refractivity (Wildman–Crippen MR) is 69.8 cm³/mol. The van der Waals surface area contributed by atoms with Crippen molar-refractivity contribution in [3.05, 3.63) is 28.3 Å². The average molecular weight is 265 g/mol. The van der Waals surface area contributed by atoms with Crippen LogP contribution in [0.15, 0.2) is 18.2 Å². The molecule has 0 saturated heterocycles. The second kappa shape index (κ2) is 5.09. The van der Waals surface area contributed by atoms with Gasteiger partial charge in [0.25, 0.3) is 5.69 Å². The summed E-state index contributed by atoms with van der Waals surface area (Å²) in [5, 5.41) is 13.8. The van der Waals surface area contributed by atoms with Crippen molar-refractivity contribution in [1.82, 2.24) is 4.98 Å². The Morgan fingerprint density at radius 2 is 2.33 bits per heavy atom. The molecule has 0 atom stereocenters. The maximum Gasteiger partial charge on any atom is 0.271 e. The first-order valence-corrected chi connectivity index (χ1v) is 6.26. The normalized spacial score (nSPS) is 10.5. The van der Waals surface area contributed by atoms with Crippen LogP contribution in [0.3, 0.4) is 0 Å². The zero-order chi connectivity index (χ0) is 13.1. The highest BCUT2D eigenvalue weighted by molar-refractivity contribution is 7.22. The molecule has 2 rings (SSSR count). The summed E-state index contributed by atoms with van der Waals surface area (Å²) in [6.07, 6.45) is 1.21. The molecule has 0 aliphatic rings. The Morgan fingerprint density at radius 1 is 1.56 bits per heavy atom. The van der Waals surface area contributed by atoms with E-state index < -0.39 is 4.92 Å². The Labute approximate surface area is 107 Å². The number of fused-ring (bicyclic) bond motifs is 1. The third-order valence-corrected chi connectivity index (χ3v) is 3.26. The molecule has 6 nitrogen and oxygen atoms in total. The van der Waals surface area contributed by atoms with E-state index in [-0.39, 0.29) is 11.6 Å². The molecule has 1 amide bonds. The molecule has 0 unspecified atom stereocenters. The standard InChI is InChI=1S/C11H11N3O3S/c1-2-3-10(15)13-11-12-8-6-7(14(16)17)4-5-9(8)18-11/h4-6H,2-3H2,1H3,(H,12,13,15). The van der Waals surface area contributed by atoms with Crippen LogP contribution in [0.2, 0.25) is 0 Å². The lowest BCUT2D eigenvalue weighted by atomic mass is 10.3.